The van der Waals surface area contributed by atoms with Gasteiger partial charge in [0.1, 0.15) is 23.0 Å². The largest absolute Gasteiger partial charge is 0.465 e. The highest BCUT2D eigenvalue weighted by molar-refractivity contribution is 5.56. The summed E-state index contributed by atoms with van der Waals surface area (Å²) in [5.41, 5.74) is 2.01. The number of nitrogens with one attached hydrogen (secondary N) is 2. The van der Waals surface area contributed by atoms with Gasteiger partial charge in [-0.2, -0.15) is 5.10 Å². The van der Waals surface area contributed by atoms with Gasteiger partial charge in [-0.15, -0.1) is 0 Å². The third-order valence-corrected chi connectivity index (χ3v) is 4.93. The summed E-state index contributed by atoms with van der Waals surface area (Å²) in [6.07, 6.45) is 1.85. The van der Waals surface area contributed by atoms with Crippen molar-refractivity contribution in [3.05, 3.63) is 53.3 Å². The summed E-state index contributed by atoms with van der Waals surface area (Å²) in [5.74, 6) is 3.64. The van der Waals surface area contributed by atoms with E-state index in [2.05, 4.69) is 26.5 Å². The van der Waals surface area contributed by atoms with Gasteiger partial charge in [-0.05, 0) is 38.1 Å². The van der Waals surface area contributed by atoms with Crippen LogP contribution in [0.4, 0.5) is 0 Å². The van der Waals surface area contributed by atoms with Gasteiger partial charge >= 0.3 is 0 Å². The molecule has 0 aromatic carbocycles. The Morgan fingerprint density at radius 3 is 2.59 bits per heavy atom. The summed E-state index contributed by atoms with van der Waals surface area (Å²) < 4.78 is 17.2. The Hall–Kier alpha value is -2.35. The summed E-state index contributed by atoms with van der Waals surface area (Å²) in [4.78, 5) is 2.42. The summed E-state index contributed by atoms with van der Waals surface area (Å²) in [6.45, 7) is 8.76. The van der Waals surface area contributed by atoms with E-state index in [4.69, 9.17) is 13.6 Å². The summed E-state index contributed by atoms with van der Waals surface area (Å²) in [7, 11) is 0. The molecule has 1 atom stereocenters. The molecule has 27 heavy (non-hydrogen) atoms. The number of furan rings is 2. The molecule has 1 aliphatic heterocycles. The third-order valence-electron chi connectivity index (χ3n) is 4.93. The van der Waals surface area contributed by atoms with Crippen LogP contribution in [0.1, 0.15) is 28.9 Å². The lowest BCUT2D eigenvalue weighted by Crippen LogP contribution is -2.42. The molecule has 4 heterocycles. The highest BCUT2D eigenvalue weighted by Crippen LogP contribution is 2.25. The standard InChI is InChI=1S/C20H26N4O3/c1-14-3-5-18(26-14)17(24-7-9-25-10-8-24)13-21-11-16-12-22-23-20(16)19-6-4-15(2)27-19/h3-6,12,17,21H,7-11,13H2,1-2H3,(H,22,23). The van der Waals surface area contributed by atoms with E-state index in [1.807, 2.05) is 38.2 Å². The second-order valence-corrected chi connectivity index (χ2v) is 6.92. The molecule has 0 radical (unpaired) electrons. The van der Waals surface area contributed by atoms with Crippen LogP contribution in [0.5, 0.6) is 0 Å². The Balaban J connectivity index is 1.43. The average molecular weight is 370 g/mol. The Kier molecular flexibility index (Phi) is 5.42. The Morgan fingerprint density at radius 1 is 1.11 bits per heavy atom. The molecule has 1 saturated heterocycles. The second-order valence-electron chi connectivity index (χ2n) is 6.92. The first-order valence-corrected chi connectivity index (χ1v) is 9.38. The number of H-pyrrole nitrogens is 1. The lowest BCUT2D eigenvalue weighted by Gasteiger charge is -2.33. The molecular formula is C20H26N4O3. The van der Waals surface area contributed by atoms with Crippen LogP contribution < -0.4 is 5.32 Å². The van der Waals surface area contributed by atoms with Crippen LogP contribution in [0.25, 0.3) is 11.5 Å². The van der Waals surface area contributed by atoms with Crippen LogP contribution in [0, 0.1) is 13.8 Å². The van der Waals surface area contributed by atoms with E-state index in [1.54, 1.807) is 0 Å². The molecule has 4 rings (SSSR count). The number of ether oxygens (including phenoxy) is 1. The van der Waals surface area contributed by atoms with Crippen LogP contribution in [-0.2, 0) is 11.3 Å². The van der Waals surface area contributed by atoms with Crippen molar-refractivity contribution >= 4 is 0 Å². The van der Waals surface area contributed by atoms with Crippen molar-refractivity contribution in [3.63, 3.8) is 0 Å². The molecule has 1 unspecified atom stereocenters. The van der Waals surface area contributed by atoms with E-state index >= 15 is 0 Å². The van der Waals surface area contributed by atoms with Crippen molar-refractivity contribution in [3.8, 4) is 11.5 Å². The van der Waals surface area contributed by atoms with Crippen molar-refractivity contribution in [1.29, 1.82) is 0 Å². The fraction of sp³-hybridized carbons (Fsp3) is 0.450. The first-order chi connectivity index (χ1) is 13.2. The molecule has 0 saturated carbocycles. The predicted octanol–water partition coefficient (Wildman–Crippen LogP) is 3.04. The zero-order valence-electron chi connectivity index (χ0n) is 15.8. The minimum absolute atomic E-state index is 0.184. The summed E-state index contributed by atoms with van der Waals surface area (Å²) >= 11 is 0. The normalized spacial score (nSPS) is 16.7. The quantitative estimate of drug-likeness (QED) is 0.665. The molecule has 3 aromatic heterocycles. The molecule has 1 fully saturated rings. The Morgan fingerprint density at radius 2 is 1.89 bits per heavy atom. The highest BCUT2D eigenvalue weighted by atomic mass is 16.5. The van der Waals surface area contributed by atoms with Gasteiger partial charge in [-0.3, -0.25) is 10.00 Å². The second kappa shape index (κ2) is 8.12. The maximum absolute atomic E-state index is 5.93. The zero-order chi connectivity index (χ0) is 18.6. The molecule has 0 spiro atoms. The molecule has 3 aromatic rings. The van der Waals surface area contributed by atoms with E-state index in [0.717, 1.165) is 67.1 Å². The lowest BCUT2D eigenvalue weighted by molar-refractivity contribution is 0.0115. The van der Waals surface area contributed by atoms with E-state index < -0.39 is 0 Å². The Bertz CT molecular complexity index is 860. The molecule has 0 bridgehead atoms. The number of aromatic amines is 1. The topological polar surface area (TPSA) is 79.5 Å². The maximum atomic E-state index is 5.93. The first kappa shape index (κ1) is 18.0. The highest BCUT2D eigenvalue weighted by Gasteiger charge is 2.25. The minimum Gasteiger partial charge on any atom is -0.465 e. The number of aromatic nitrogens is 2. The predicted molar refractivity (Wildman–Crippen MR) is 101 cm³/mol. The lowest BCUT2D eigenvalue weighted by atomic mass is 10.1. The number of nitrogens with zero attached hydrogens (tertiary/aromatic N) is 2. The van der Waals surface area contributed by atoms with Crippen LogP contribution in [0.2, 0.25) is 0 Å². The van der Waals surface area contributed by atoms with Crippen molar-refractivity contribution in [2.24, 2.45) is 0 Å². The van der Waals surface area contributed by atoms with Gasteiger partial charge in [0.2, 0.25) is 0 Å². The smallest absolute Gasteiger partial charge is 0.152 e. The van der Waals surface area contributed by atoms with E-state index in [-0.39, 0.29) is 6.04 Å². The van der Waals surface area contributed by atoms with E-state index in [0.29, 0.717) is 6.54 Å². The maximum Gasteiger partial charge on any atom is 0.152 e. The van der Waals surface area contributed by atoms with Crippen LogP contribution >= 0.6 is 0 Å². The number of hydrogen-bond acceptors (Lipinski definition) is 6. The summed E-state index contributed by atoms with van der Waals surface area (Å²) in [6, 6.07) is 8.21. The molecule has 0 amide bonds. The molecule has 1 aliphatic rings. The van der Waals surface area contributed by atoms with Crippen molar-refractivity contribution < 1.29 is 13.6 Å². The fourth-order valence-corrected chi connectivity index (χ4v) is 3.50. The number of morpholine rings is 1. The summed E-state index contributed by atoms with van der Waals surface area (Å²) in [5, 5.41) is 10.8. The molecule has 0 aliphatic carbocycles. The van der Waals surface area contributed by atoms with Gasteiger partial charge in [0.15, 0.2) is 5.76 Å². The molecule has 144 valence electrons. The number of aryl methyl sites for hydroxylation is 2. The van der Waals surface area contributed by atoms with Crippen molar-refractivity contribution in [1.82, 2.24) is 20.4 Å². The van der Waals surface area contributed by atoms with Gasteiger partial charge in [-0.25, -0.2) is 0 Å². The van der Waals surface area contributed by atoms with Crippen LogP contribution in [-0.4, -0.2) is 47.9 Å². The average Bonchev–Trinajstić information content (AvgIpc) is 3.41. The van der Waals surface area contributed by atoms with E-state index in [1.165, 1.54) is 0 Å². The van der Waals surface area contributed by atoms with Gasteiger partial charge < -0.3 is 18.9 Å². The van der Waals surface area contributed by atoms with Gasteiger partial charge in [0, 0.05) is 31.7 Å². The van der Waals surface area contributed by atoms with Crippen LogP contribution in [0.15, 0.2) is 39.3 Å². The van der Waals surface area contributed by atoms with Crippen molar-refractivity contribution in [2.75, 3.05) is 32.8 Å². The Labute approximate surface area is 158 Å². The third kappa shape index (κ3) is 4.16. The minimum atomic E-state index is 0.184. The van der Waals surface area contributed by atoms with Gasteiger partial charge in [-0.1, -0.05) is 0 Å². The van der Waals surface area contributed by atoms with Crippen molar-refractivity contribution in [2.45, 2.75) is 26.4 Å². The first-order valence-electron chi connectivity index (χ1n) is 9.38. The fourth-order valence-electron chi connectivity index (χ4n) is 3.50. The monoisotopic (exact) mass is 370 g/mol. The zero-order valence-corrected chi connectivity index (χ0v) is 15.8. The van der Waals surface area contributed by atoms with Crippen LogP contribution in [0.3, 0.4) is 0 Å². The van der Waals surface area contributed by atoms with Gasteiger partial charge in [0.25, 0.3) is 0 Å². The molecule has 7 nitrogen and oxygen atoms in total. The molecular weight excluding hydrogens is 344 g/mol. The number of rotatable bonds is 7. The SMILES string of the molecule is Cc1ccc(-c2[nH]ncc2CNCC(c2ccc(C)o2)N2CCOCC2)o1. The molecule has 2 N–H and O–H groups in total. The van der Waals surface area contributed by atoms with Gasteiger partial charge in [0.05, 0.1) is 25.5 Å². The molecule has 7 heteroatoms. The van der Waals surface area contributed by atoms with E-state index in [9.17, 15) is 0 Å². The number of hydrogen-bond donors (Lipinski definition) is 2.